The molecule has 2 aliphatic heterocycles. The van der Waals surface area contributed by atoms with Crippen LogP contribution >= 0.6 is 0 Å². The molecule has 3 rings (SSSR count). The molecule has 4 nitrogen and oxygen atoms in total. The Morgan fingerprint density at radius 2 is 2.05 bits per heavy atom. The van der Waals surface area contributed by atoms with Crippen molar-refractivity contribution in [3.8, 4) is 5.75 Å². The van der Waals surface area contributed by atoms with Gasteiger partial charge in [-0.15, -0.1) is 0 Å². The van der Waals surface area contributed by atoms with Crippen molar-refractivity contribution >= 4 is 0 Å². The molecule has 20 heavy (non-hydrogen) atoms. The van der Waals surface area contributed by atoms with Gasteiger partial charge >= 0.3 is 0 Å². The van der Waals surface area contributed by atoms with Gasteiger partial charge < -0.3 is 15.0 Å². The van der Waals surface area contributed by atoms with Crippen LogP contribution in [0.5, 0.6) is 5.75 Å². The smallest absolute Gasteiger partial charge is 0.119 e. The number of rotatable bonds is 3. The molecule has 0 saturated carbocycles. The minimum atomic E-state index is 0.517. The van der Waals surface area contributed by atoms with Crippen molar-refractivity contribution < 1.29 is 4.74 Å². The molecule has 0 spiro atoms. The van der Waals surface area contributed by atoms with Crippen LogP contribution in [0.2, 0.25) is 0 Å². The number of ether oxygens (including phenoxy) is 1. The summed E-state index contributed by atoms with van der Waals surface area (Å²) in [5.74, 6) is 0.993. The summed E-state index contributed by atoms with van der Waals surface area (Å²) in [6.07, 6.45) is 0. The standard InChI is InChI=1S/C16H25N3O/c1-3-20-14-4-5-15-13(10-14)11-17-12-16(15)19-8-6-18(2)7-9-19/h4-5,10,16-17H,3,6-9,11-12H2,1-2H3/t16-/m0/s1. The topological polar surface area (TPSA) is 27.7 Å². The number of fused-ring (bicyclic) bond motifs is 1. The molecular weight excluding hydrogens is 250 g/mol. The lowest BCUT2D eigenvalue weighted by Crippen LogP contribution is -2.49. The molecule has 0 bridgehead atoms. The fourth-order valence-corrected chi connectivity index (χ4v) is 3.23. The zero-order valence-electron chi connectivity index (χ0n) is 12.6. The summed E-state index contributed by atoms with van der Waals surface area (Å²) in [7, 11) is 2.21. The highest BCUT2D eigenvalue weighted by Gasteiger charge is 2.27. The molecule has 1 N–H and O–H groups in total. The normalized spacial score (nSPS) is 24.4. The third kappa shape index (κ3) is 2.82. The van der Waals surface area contributed by atoms with Crippen molar-refractivity contribution in [3.05, 3.63) is 29.3 Å². The molecule has 0 aliphatic carbocycles. The molecule has 1 aromatic carbocycles. The summed E-state index contributed by atoms with van der Waals surface area (Å²) >= 11 is 0. The van der Waals surface area contributed by atoms with Crippen LogP contribution in [0.3, 0.4) is 0 Å². The zero-order chi connectivity index (χ0) is 13.9. The van der Waals surface area contributed by atoms with Gasteiger partial charge in [0.05, 0.1) is 6.61 Å². The fourth-order valence-electron chi connectivity index (χ4n) is 3.23. The van der Waals surface area contributed by atoms with Gasteiger partial charge in [0, 0.05) is 45.3 Å². The van der Waals surface area contributed by atoms with E-state index in [0.717, 1.165) is 38.5 Å². The highest BCUT2D eigenvalue weighted by atomic mass is 16.5. The van der Waals surface area contributed by atoms with Crippen LogP contribution in [0.1, 0.15) is 24.1 Å². The lowest BCUT2D eigenvalue weighted by molar-refractivity contribution is 0.106. The minimum Gasteiger partial charge on any atom is -0.494 e. The van der Waals surface area contributed by atoms with Crippen molar-refractivity contribution in [1.29, 1.82) is 0 Å². The maximum absolute atomic E-state index is 5.62. The number of benzene rings is 1. The first-order chi connectivity index (χ1) is 9.78. The van der Waals surface area contributed by atoms with Crippen LogP contribution in [0, 0.1) is 0 Å². The Kier molecular flexibility index (Phi) is 4.24. The van der Waals surface area contributed by atoms with Gasteiger partial charge in [0.2, 0.25) is 0 Å². The zero-order valence-corrected chi connectivity index (χ0v) is 12.6. The summed E-state index contributed by atoms with van der Waals surface area (Å²) in [4.78, 5) is 5.02. The molecule has 2 heterocycles. The molecule has 0 aromatic heterocycles. The summed E-state index contributed by atoms with van der Waals surface area (Å²) in [6, 6.07) is 7.11. The van der Waals surface area contributed by atoms with Crippen molar-refractivity contribution in [3.63, 3.8) is 0 Å². The number of nitrogens with one attached hydrogen (secondary N) is 1. The molecule has 0 radical (unpaired) electrons. The van der Waals surface area contributed by atoms with E-state index in [2.05, 4.69) is 40.4 Å². The Balaban J connectivity index is 1.79. The van der Waals surface area contributed by atoms with Crippen LogP contribution in [-0.4, -0.2) is 56.2 Å². The predicted molar refractivity (Wildman–Crippen MR) is 81.1 cm³/mol. The lowest BCUT2D eigenvalue weighted by Gasteiger charge is -2.40. The summed E-state index contributed by atoms with van der Waals surface area (Å²) < 4.78 is 5.62. The molecule has 0 unspecified atom stereocenters. The molecule has 2 aliphatic rings. The van der Waals surface area contributed by atoms with Gasteiger partial charge in [-0.3, -0.25) is 4.90 Å². The van der Waals surface area contributed by atoms with Gasteiger partial charge in [-0.05, 0) is 37.2 Å². The second-order valence-corrected chi connectivity index (χ2v) is 5.78. The average Bonchev–Trinajstić information content (AvgIpc) is 2.48. The monoisotopic (exact) mass is 275 g/mol. The number of hydrogen-bond donors (Lipinski definition) is 1. The van der Waals surface area contributed by atoms with E-state index in [9.17, 15) is 0 Å². The number of hydrogen-bond acceptors (Lipinski definition) is 4. The second-order valence-electron chi connectivity index (χ2n) is 5.78. The van der Waals surface area contributed by atoms with Crippen LogP contribution in [-0.2, 0) is 6.54 Å². The summed E-state index contributed by atoms with van der Waals surface area (Å²) in [6.45, 7) is 9.45. The Morgan fingerprint density at radius 1 is 1.25 bits per heavy atom. The highest BCUT2D eigenvalue weighted by molar-refractivity contribution is 5.39. The van der Waals surface area contributed by atoms with Crippen molar-refractivity contribution in [1.82, 2.24) is 15.1 Å². The van der Waals surface area contributed by atoms with Gasteiger partial charge in [0.1, 0.15) is 5.75 Å². The van der Waals surface area contributed by atoms with Gasteiger partial charge in [-0.1, -0.05) is 6.07 Å². The Bertz CT molecular complexity index is 455. The van der Waals surface area contributed by atoms with E-state index in [0.29, 0.717) is 6.04 Å². The third-order valence-electron chi connectivity index (χ3n) is 4.42. The summed E-state index contributed by atoms with van der Waals surface area (Å²) in [5, 5.41) is 3.56. The van der Waals surface area contributed by atoms with Gasteiger partial charge in [-0.2, -0.15) is 0 Å². The highest BCUT2D eigenvalue weighted by Crippen LogP contribution is 2.30. The van der Waals surface area contributed by atoms with Gasteiger partial charge in [0.15, 0.2) is 0 Å². The van der Waals surface area contributed by atoms with Crippen LogP contribution in [0.15, 0.2) is 18.2 Å². The first-order valence-electron chi connectivity index (χ1n) is 7.67. The average molecular weight is 275 g/mol. The van der Waals surface area contributed by atoms with E-state index in [4.69, 9.17) is 4.74 Å². The van der Waals surface area contributed by atoms with Crippen molar-refractivity contribution in [2.45, 2.75) is 19.5 Å². The Hall–Kier alpha value is -1.10. The molecular formula is C16H25N3O. The van der Waals surface area contributed by atoms with E-state index in [1.165, 1.54) is 24.2 Å². The first-order valence-corrected chi connectivity index (χ1v) is 7.67. The Morgan fingerprint density at radius 3 is 2.80 bits per heavy atom. The third-order valence-corrected chi connectivity index (χ3v) is 4.42. The maximum Gasteiger partial charge on any atom is 0.119 e. The van der Waals surface area contributed by atoms with E-state index in [-0.39, 0.29) is 0 Å². The second kappa shape index (κ2) is 6.12. The molecule has 1 aromatic rings. The van der Waals surface area contributed by atoms with E-state index >= 15 is 0 Å². The number of nitrogens with zero attached hydrogens (tertiary/aromatic N) is 2. The van der Waals surface area contributed by atoms with Crippen LogP contribution < -0.4 is 10.1 Å². The molecule has 1 atom stereocenters. The van der Waals surface area contributed by atoms with Crippen molar-refractivity contribution in [2.75, 3.05) is 46.4 Å². The molecule has 110 valence electrons. The number of piperazine rings is 1. The maximum atomic E-state index is 5.62. The minimum absolute atomic E-state index is 0.517. The quantitative estimate of drug-likeness (QED) is 0.904. The van der Waals surface area contributed by atoms with Gasteiger partial charge in [-0.25, -0.2) is 0 Å². The fraction of sp³-hybridized carbons (Fsp3) is 0.625. The SMILES string of the molecule is CCOc1ccc2c(c1)CNC[C@@H]2N1CCN(C)CC1. The summed E-state index contributed by atoms with van der Waals surface area (Å²) in [5.41, 5.74) is 2.88. The van der Waals surface area contributed by atoms with E-state index < -0.39 is 0 Å². The van der Waals surface area contributed by atoms with Crippen LogP contribution in [0.25, 0.3) is 0 Å². The molecule has 1 saturated heterocycles. The molecule has 1 fully saturated rings. The van der Waals surface area contributed by atoms with E-state index in [1.54, 1.807) is 0 Å². The molecule has 4 heteroatoms. The predicted octanol–water partition coefficient (Wildman–Crippen LogP) is 1.48. The van der Waals surface area contributed by atoms with Crippen LogP contribution in [0.4, 0.5) is 0 Å². The van der Waals surface area contributed by atoms with E-state index in [1.807, 2.05) is 6.92 Å². The first kappa shape index (κ1) is 13.9. The molecule has 0 amide bonds. The Labute approximate surface area is 121 Å². The van der Waals surface area contributed by atoms with Gasteiger partial charge in [0.25, 0.3) is 0 Å². The lowest BCUT2D eigenvalue weighted by atomic mass is 9.94. The number of likely N-dealkylation sites (N-methyl/N-ethyl adjacent to an activating group) is 1. The van der Waals surface area contributed by atoms with Crippen molar-refractivity contribution in [2.24, 2.45) is 0 Å². The largest absolute Gasteiger partial charge is 0.494 e.